The molecule has 37 heavy (non-hydrogen) atoms. The SMILES string of the molecule is Cc1nc2cc(OC[C@H](O)CN3CCN(CC4=CC(c5ccc(C(F)(F)F)cc5)ON4)CC3)ccc2s1. The van der Waals surface area contributed by atoms with E-state index in [0.717, 1.165) is 59.2 Å². The molecule has 2 atom stereocenters. The average Bonchev–Trinajstić information content (AvgIpc) is 3.49. The quantitative estimate of drug-likeness (QED) is 0.450. The summed E-state index contributed by atoms with van der Waals surface area (Å²) in [6.07, 6.45) is -3.47. The number of nitrogens with zero attached hydrogens (tertiary/aromatic N) is 3. The molecule has 3 aromatic rings. The van der Waals surface area contributed by atoms with E-state index in [-0.39, 0.29) is 6.61 Å². The summed E-state index contributed by atoms with van der Waals surface area (Å²) in [7, 11) is 0. The average molecular weight is 535 g/mol. The normalized spacial score (nSPS) is 20.1. The van der Waals surface area contributed by atoms with Gasteiger partial charge in [0.1, 0.15) is 24.6 Å². The molecule has 2 N–H and O–H groups in total. The van der Waals surface area contributed by atoms with Gasteiger partial charge >= 0.3 is 6.18 Å². The zero-order chi connectivity index (χ0) is 26.0. The van der Waals surface area contributed by atoms with E-state index < -0.39 is 23.9 Å². The fraction of sp³-hybridized carbons (Fsp3) is 0.423. The van der Waals surface area contributed by atoms with Crippen LogP contribution >= 0.6 is 11.3 Å². The molecule has 0 bridgehead atoms. The van der Waals surface area contributed by atoms with Gasteiger partial charge in [0, 0.05) is 45.3 Å². The predicted octanol–water partition coefficient (Wildman–Crippen LogP) is 4.14. The Labute approximate surface area is 217 Å². The van der Waals surface area contributed by atoms with Gasteiger partial charge in [-0.15, -0.1) is 11.3 Å². The lowest BCUT2D eigenvalue weighted by Gasteiger charge is -2.35. The van der Waals surface area contributed by atoms with Crippen LogP contribution in [0.1, 0.15) is 22.2 Å². The maximum absolute atomic E-state index is 12.8. The van der Waals surface area contributed by atoms with Gasteiger partial charge in [-0.3, -0.25) is 20.1 Å². The van der Waals surface area contributed by atoms with E-state index in [9.17, 15) is 18.3 Å². The van der Waals surface area contributed by atoms with Crippen molar-refractivity contribution < 1.29 is 27.9 Å². The van der Waals surface area contributed by atoms with Crippen LogP contribution in [0.5, 0.6) is 5.75 Å². The largest absolute Gasteiger partial charge is 0.491 e. The number of aliphatic hydroxyl groups excluding tert-OH is 1. The van der Waals surface area contributed by atoms with E-state index in [1.807, 2.05) is 31.2 Å². The predicted molar refractivity (Wildman–Crippen MR) is 135 cm³/mol. The van der Waals surface area contributed by atoms with Gasteiger partial charge < -0.3 is 9.84 Å². The third kappa shape index (κ3) is 6.60. The van der Waals surface area contributed by atoms with E-state index in [1.165, 1.54) is 12.1 Å². The molecule has 0 amide bonds. The zero-order valence-electron chi connectivity index (χ0n) is 20.4. The number of hydrogen-bond acceptors (Lipinski definition) is 8. The number of benzene rings is 2. The molecule has 1 saturated heterocycles. The summed E-state index contributed by atoms with van der Waals surface area (Å²) in [5.74, 6) is 0.704. The Bertz CT molecular complexity index is 1240. The van der Waals surface area contributed by atoms with Crippen LogP contribution in [0.4, 0.5) is 13.2 Å². The fourth-order valence-electron chi connectivity index (χ4n) is 4.53. The second-order valence-corrected chi connectivity index (χ2v) is 10.6. The number of aliphatic hydroxyl groups is 1. The van der Waals surface area contributed by atoms with Crippen LogP contribution in [0.3, 0.4) is 0 Å². The Morgan fingerprint density at radius 1 is 1.14 bits per heavy atom. The smallest absolute Gasteiger partial charge is 0.416 e. The molecule has 5 rings (SSSR count). The molecule has 1 fully saturated rings. The Hall–Kier alpha value is -2.70. The van der Waals surface area contributed by atoms with Gasteiger partial charge in [-0.2, -0.15) is 13.2 Å². The summed E-state index contributed by atoms with van der Waals surface area (Å²) in [6.45, 7) is 6.68. The highest BCUT2D eigenvalue weighted by atomic mass is 32.1. The molecule has 11 heteroatoms. The van der Waals surface area contributed by atoms with E-state index >= 15 is 0 Å². The number of halogens is 3. The lowest BCUT2D eigenvalue weighted by molar-refractivity contribution is -0.137. The minimum absolute atomic E-state index is 0.217. The summed E-state index contributed by atoms with van der Waals surface area (Å²) in [4.78, 5) is 14.5. The molecular weight excluding hydrogens is 505 g/mol. The first kappa shape index (κ1) is 25.9. The van der Waals surface area contributed by atoms with E-state index in [1.54, 1.807) is 11.3 Å². The molecule has 0 radical (unpaired) electrons. The van der Waals surface area contributed by atoms with Crippen LogP contribution in [0, 0.1) is 6.92 Å². The number of hydrogen-bond donors (Lipinski definition) is 2. The number of alkyl halides is 3. The first-order valence-electron chi connectivity index (χ1n) is 12.2. The number of nitrogens with one attached hydrogen (secondary N) is 1. The highest BCUT2D eigenvalue weighted by Gasteiger charge is 2.31. The van der Waals surface area contributed by atoms with E-state index in [2.05, 4.69) is 20.3 Å². The maximum Gasteiger partial charge on any atom is 0.416 e. The zero-order valence-corrected chi connectivity index (χ0v) is 21.2. The number of thiazole rings is 1. The van der Waals surface area contributed by atoms with Crippen molar-refractivity contribution in [1.29, 1.82) is 0 Å². The molecule has 1 unspecified atom stereocenters. The topological polar surface area (TPSA) is 70.1 Å². The lowest BCUT2D eigenvalue weighted by atomic mass is 10.1. The third-order valence-corrected chi connectivity index (χ3v) is 7.42. The number of aromatic nitrogens is 1. The van der Waals surface area contributed by atoms with Gasteiger partial charge in [0.2, 0.25) is 0 Å². The van der Waals surface area contributed by atoms with Crippen LogP contribution in [0.2, 0.25) is 0 Å². The second-order valence-electron chi connectivity index (χ2n) is 9.36. The van der Waals surface area contributed by atoms with Crippen LogP contribution < -0.4 is 10.2 Å². The Kier molecular flexibility index (Phi) is 7.68. The molecule has 1 aromatic heterocycles. The summed E-state index contributed by atoms with van der Waals surface area (Å²) in [6, 6.07) is 10.8. The lowest BCUT2D eigenvalue weighted by Crippen LogP contribution is -2.49. The Morgan fingerprint density at radius 3 is 2.59 bits per heavy atom. The number of rotatable bonds is 8. The summed E-state index contributed by atoms with van der Waals surface area (Å²) in [5, 5.41) is 11.5. The molecule has 2 aliphatic heterocycles. The van der Waals surface area contributed by atoms with E-state index in [4.69, 9.17) is 9.57 Å². The molecule has 7 nitrogen and oxygen atoms in total. The highest BCUT2D eigenvalue weighted by Crippen LogP contribution is 2.31. The summed E-state index contributed by atoms with van der Waals surface area (Å²) < 4.78 is 45.3. The Balaban J connectivity index is 1.04. The van der Waals surface area contributed by atoms with Crippen LogP contribution in [-0.2, 0) is 11.0 Å². The Morgan fingerprint density at radius 2 is 1.86 bits per heavy atom. The molecule has 2 aliphatic rings. The van der Waals surface area contributed by atoms with Crippen molar-refractivity contribution in [2.24, 2.45) is 0 Å². The van der Waals surface area contributed by atoms with Gasteiger partial charge in [-0.1, -0.05) is 12.1 Å². The monoisotopic (exact) mass is 534 g/mol. The van der Waals surface area contributed by atoms with Gasteiger partial charge in [-0.05, 0) is 42.8 Å². The minimum atomic E-state index is -4.35. The maximum atomic E-state index is 12.8. The molecule has 198 valence electrons. The van der Waals surface area contributed by atoms with Crippen LogP contribution in [-0.4, -0.2) is 71.9 Å². The highest BCUT2D eigenvalue weighted by molar-refractivity contribution is 7.18. The van der Waals surface area contributed by atoms with E-state index in [0.29, 0.717) is 24.4 Å². The number of β-amino-alcohol motifs (C(OH)–C–C–N with tert-alkyl or cyclic N) is 1. The van der Waals surface area contributed by atoms with Crippen molar-refractivity contribution in [2.75, 3.05) is 45.9 Å². The molecule has 0 aliphatic carbocycles. The second kappa shape index (κ2) is 11.0. The fourth-order valence-corrected chi connectivity index (χ4v) is 5.33. The summed E-state index contributed by atoms with van der Waals surface area (Å²) in [5.41, 5.74) is 4.70. The van der Waals surface area contributed by atoms with Crippen molar-refractivity contribution in [1.82, 2.24) is 20.3 Å². The van der Waals surface area contributed by atoms with Crippen LogP contribution in [0.25, 0.3) is 10.2 Å². The number of hydroxylamine groups is 1. The molecule has 3 heterocycles. The molecule has 0 spiro atoms. The van der Waals surface area contributed by atoms with Crippen molar-refractivity contribution in [3.8, 4) is 5.75 Å². The minimum Gasteiger partial charge on any atom is -0.491 e. The van der Waals surface area contributed by atoms with Gasteiger partial charge in [0.15, 0.2) is 0 Å². The molecular formula is C26H29F3N4O3S. The van der Waals surface area contributed by atoms with Gasteiger partial charge in [0.05, 0.1) is 26.5 Å². The van der Waals surface area contributed by atoms with Gasteiger partial charge in [0.25, 0.3) is 0 Å². The standard InChI is InChI=1S/C26H29F3N4O3S/c1-17-30-23-13-22(6-7-25(23)37-17)35-16-21(34)15-33-10-8-32(9-11-33)14-20-12-24(36-31-20)18-2-4-19(5-3-18)26(27,28)29/h2-7,12-13,21,24,31,34H,8-11,14-16H2,1H3/t21-,24?/m1/s1. The third-order valence-electron chi connectivity index (χ3n) is 6.47. The number of aryl methyl sites for hydroxylation is 1. The molecule has 2 aromatic carbocycles. The summed E-state index contributed by atoms with van der Waals surface area (Å²) >= 11 is 1.64. The number of piperazine rings is 1. The van der Waals surface area contributed by atoms with Crippen molar-refractivity contribution in [3.05, 3.63) is 70.4 Å². The van der Waals surface area contributed by atoms with Crippen molar-refractivity contribution >= 4 is 21.6 Å². The molecule has 0 saturated carbocycles. The van der Waals surface area contributed by atoms with Crippen molar-refractivity contribution in [2.45, 2.75) is 25.3 Å². The van der Waals surface area contributed by atoms with Crippen LogP contribution in [0.15, 0.2) is 54.2 Å². The first-order valence-corrected chi connectivity index (χ1v) is 13.0. The first-order chi connectivity index (χ1) is 17.7. The van der Waals surface area contributed by atoms with Gasteiger partial charge in [-0.25, -0.2) is 4.98 Å². The number of fused-ring (bicyclic) bond motifs is 1. The van der Waals surface area contributed by atoms with Crippen molar-refractivity contribution in [3.63, 3.8) is 0 Å². The number of ether oxygens (including phenoxy) is 1.